The molecule has 0 saturated carbocycles. The molecule has 0 aliphatic carbocycles. The molecular formula is C8H9FN2O3. The van der Waals surface area contributed by atoms with Gasteiger partial charge in [0.2, 0.25) is 0 Å². The molecule has 0 heterocycles. The first-order valence-corrected chi connectivity index (χ1v) is 3.81. The average Bonchev–Trinajstić information content (AvgIpc) is 2.16. The monoisotopic (exact) mass is 200 g/mol. The molecule has 1 rings (SSSR count). The molecule has 0 saturated heterocycles. The smallest absolute Gasteiger partial charge is 0.277 e. The number of nitro groups is 1. The Morgan fingerprint density at radius 1 is 1.64 bits per heavy atom. The summed E-state index contributed by atoms with van der Waals surface area (Å²) in [7, 11) is 1.24. The third-order valence-electron chi connectivity index (χ3n) is 1.77. The van der Waals surface area contributed by atoms with Gasteiger partial charge in [0.15, 0.2) is 11.6 Å². The van der Waals surface area contributed by atoms with Crippen LogP contribution < -0.4 is 10.5 Å². The van der Waals surface area contributed by atoms with Crippen LogP contribution in [0.3, 0.4) is 0 Å². The lowest BCUT2D eigenvalue weighted by Gasteiger charge is -2.04. The van der Waals surface area contributed by atoms with Crippen molar-refractivity contribution in [3.05, 3.63) is 33.6 Å². The molecule has 0 aromatic heterocycles. The molecule has 1 aromatic carbocycles. The van der Waals surface area contributed by atoms with Crippen molar-refractivity contribution in [2.24, 2.45) is 5.73 Å². The first-order valence-electron chi connectivity index (χ1n) is 3.81. The van der Waals surface area contributed by atoms with Gasteiger partial charge in [-0.3, -0.25) is 10.1 Å². The largest absolute Gasteiger partial charge is 0.493 e. The zero-order valence-corrected chi connectivity index (χ0v) is 7.49. The molecule has 76 valence electrons. The summed E-state index contributed by atoms with van der Waals surface area (Å²) in [6.45, 7) is -0.0861. The number of hydrogen-bond acceptors (Lipinski definition) is 4. The van der Waals surface area contributed by atoms with Crippen molar-refractivity contribution < 1.29 is 14.1 Å². The maximum Gasteiger partial charge on any atom is 0.277 e. The molecule has 0 fully saturated rings. The third-order valence-corrected chi connectivity index (χ3v) is 1.77. The Morgan fingerprint density at radius 2 is 2.29 bits per heavy atom. The fourth-order valence-electron chi connectivity index (χ4n) is 1.07. The van der Waals surface area contributed by atoms with E-state index in [2.05, 4.69) is 4.74 Å². The Labute approximate surface area is 79.4 Å². The minimum atomic E-state index is -0.654. The third kappa shape index (κ3) is 1.80. The number of rotatable bonds is 3. The van der Waals surface area contributed by atoms with E-state index in [1.807, 2.05) is 0 Å². The van der Waals surface area contributed by atoms with Crippen molar-refractivity contribution in [3.8, 4) is 5.75 Å². The summed E-state index contributed by atoms with van der Waals surface area (Å²) in [6, 6.07) is 2.04. The second-order valence-corrected chi connectivity index (χ2v) is 2.58. The van der Waals surface area contributed by atoms with Crippen LogP contribution in [0.5, 0.6) is 5.75 Å². The van der Waals surface area contributed by atoms with Gasteiger partial charge in [-0.25, -0.2) is 4.39 Å². The molecule has 14 heavy (non-hydrogen) atoms. The van der Waals surface area contributed by atoms with Crippen molar-refractivity contribution in [3.63, 3.8) is 0 Å². The van der Waals surface area contributed by atoms with Crippen molar-refractivity contribution in [2.45, 2.75) is 6.54 Å². The van der Waals surface area contributed by atoms with E-state index < -0.39 is 10.7 Å². The minimum Gasteiger partial charge on any atom is -0.493 e. The van der Waals surface area contributed by atoms with Gasteiger partial charge in [-0.2, -0.15) is 0 Å². The van der Waals surface area contributed by atoms with Crippen LogP contribution in [0.1, 0.15) is 5.56 Å². The number of nitrogens with zero attached hydrogens (tertiary/aromatic N) is 1. The summed E-state index contributed by atoms with van der Waals surface area (Å²) in [6.07, 6.45) is 0. The zero-order chi connectivity index (χ0) is 10.7. The highest BCUT2D eigenvalue weighted by molar-refractivity contribution is 5.46. The molecule has 1 aromatic rings. The van der Waals surface area contributed by atoms with Crippen LogP contribution in [0.15, 0.2) is 12.1 Å². The topological polar surface area (TPSA) is 78.4 Å². The fourth-order valence-corrected chi connectivity index (χ4v) is 1.07. The van der Waals surface area contributed by atoms with Crippen molar-refractivity contribution in [1.82, 2.24) is 0 Å². The van der Waals surface area contributed by atoms with Gasteiger partial charge in [-0.05, 0) is 6.07 Å². The van der Waals surface area contributed by atoms with E-state index >= 15 is 0 Å². The number of nitro benzene ring substituents is 1. The van der Waals surface area contributed by atoms with Gasteiger partial charge in [0.25, 0.3) is 5.69 Å². The minimum absolute atomic E-state index is 0.0861. The Balaban J connectivity index is 3.32. The number of halogens is 1. The Morgan fingerprint density at radius 3 is 2.71 bits per heavy atom. The van der Waals surface area contributed by atoms with Crippen LogP contribution in [-0.4, -0.2) is 12.0 Å². The lowest BCUT2D eigenvalue weighted by atomic mass is 10.1. The normalized spacial score (nSPS) is 9.93. The van der Waals surface area contributed by atoms with E-state index in [1.54, 1.807) is 0 Å². The van der Waals surface area contributed by atoms with E-state index in [9.17, 15) is 14.5 Å². The molecule has 0 spiro atoms. The summed E-state index contributed by atoms with van der Waals surface area (Å²) in [5.74, 6) is -0.813. The molecular weight excluding hydrogens is 191 g/mol. The zero-order valence-electron chi connectivity index (χ0n) is 7.49. The van der Waals surface area contributed by atoms with Gasteiger partial charge in [-0.1, -0.05) is 0 Å². The quantitative estimate of drug-likeness (QED) is 0.587. The summed E-state index contributed by atoms with van der Waals surface area (Å²) in [4.78, 5) is 9.91. The SMILES string of the molecule is COc1cc([N+](=O)[O-])c(CN)cc1F. The highest BCUT2D eigenvalue weighted by Crippen LogP contribution is 2.27. The second-order valence-electron chi connectivity index (χ2n) is 2.58. The van der Waals surface area contributed by atoms with Crippen molar-refractivity contribution >= 4 is 5.69 Å². The summed E-state index contributed by atoms with van der Waals surface area (Å²) < 4.78 is 17.7. The molecule has 0 unspecified atom stereocenters. The Hall–Kier alpha value is -1.69. The predicted molar refractivity (Wildman–Crippen MR) is 47.5 cm³/mol. The Kier molecular flexibility index (Phi) is 2.98. The molecule has 0 radical (unpaired) electrons. The molecule has 6 heteroatoms. The molecule has 0 bridgehead atoms. The molecule has 0 aliphatic rings. The number of methoxy groups -OCH3 is 1. The van der Waals surface area contributed by atoms with Gasteiger partial charge in [0, 0.05) is 12.1 Å². The molecule has 0 aliphatic heterocycles. The second kappa shape index (κ2) is 4.01. The van der Waals surface area contributed by atoms with Crippen molar-refractivity contribution in [2.75, 3.05) is 7.11 Å². The van der Waals surface area contributed by atoms with E-state index in [-0.39, 0.29) is 23.5 Å². The van der Waals surface area contributed by atoms with E-state index in [0.717, 1.165) is 12.1 Å². The standard InChI is InChI=1S/C8H9FN2O3/c1-14-8-3-7(11(12)13)5(4-10)2-6(8)9/h2-3H,4,10H2,1H3. The first kappa shape index (κ1) is 10.4. The van der Waals surface area contributed by atoms with E-state index in [4.69, 9.17) is 5.73 Å². The van der Waals surface area contributed by atoms with E-state index in [0.29, 0.717) is 0 Å². The van der Waals surface area contributed by atoms with Crippen LogP contribution in [0, 0.1) is 15.9 Å². The van der Waals surface area contributed by atoms with Gasteiger partial charge in [0.05, 0.1) is 18.1 Å². The Bertz CT molecular complexity index is 368. The fraction of sp³-hybridized carbons (Fsp3) is 0.250. The highest BCUT2D eigenvalue weighted by Gasteiger charge is 2.17. The molecule has 2 N–H and O–H groups in total. The average molecular weight is 200 g/mol. The van der Waals surface area contributed by atoms with Crippen LogP contribution >= 0.6 is 0 Å². The first-order chi connectivity index (χ1) is 6.60. The van der Waals surface area contributed by atoms with Gasteiger partial charge >= 0.3 is 0 Å². The molecule has 0 amide bonds. The summed E-state index contributed by atoms with van der Waals surface area (Å²) in [5.41, 5.74) is 5.15. The maximum absolute atomic E-state index is 13.1. The summed E-state index contributed by atoms with van der Waals surface area (Å²) in [5, 5.41) is 10.5. The van der Waals surface area contributed by atoms with Crippen LogP contribution in [0.2, 0.25) is 0 Å². The van der Waals surface area contributed by atoms with Crippen LogP contribution in [-0.2, 0) is 6.54 Å². The van der Waals surface area contributed by atoms with Crippen LogP contribution in [0.25, 0.3) is 0 Å². The maximum atomic E-state index is 13.1. The predicted octanol–water partition coefficient (Wildman–Crippen LogP) is 1.20. The number of nitrogens with two attached hydrogens (primary N) is 1. The lowest BCUT2D eigenvalue weighted by molar-refractivity contribution is -0.385. The highest BCUT2D eigenvalue weighted by atomic mass is 19.1. The number of hydrogen-bond donors (Lipinski definition) is 1. The molecule has 0 atom stereocenters. The van der Waals surface area contributed by atoms with Gasteiger partial charge < -0.3 is 10.5 Å². The van der Waals surface area contributed by atoms with Gasteiger partial charge in [-0.15, -0.1) is 0 Å². The van der Waals surface area contributed by atoms with Crippen LogP contribution in [0.4, 0.5) is 10.1 Å². The lowest BCUT2D eigenvalue weighted by Crippen LogP contribution is -2.03. The molecule has 5 nitrogen and oxygen atoms in total. The van der Waals surface area contributed by atoms with Crippen molar-refractivity contribution in [1.29, 1.82) is 0 Å². The summed E-state index contributed by atoms with van der Waals surface area (Å²) >= 11 is 0. The number of benzene rings is 1. The van der Waals surface area contributed by atoms with Gasteiger partial charge in [0.1, 0.15) is 0 Å². The van der Waals surface area contributed by atoms with E-state index in [1.165, 1.54) is 7.11 Å². The number of ether oxygens (including phenoxy) is 1.